The number of nitriles is 1. The lowest BCUT2D eigenvalue weighted by Crippen LogP contribution is -2.13. The van der Waals surface area contributed by atoms with Crippen LogP contribution in [0.25, 0.3) is 0 Å². The van der Waals surface area contributed by atoms with Crippen LogP contribution < -0.4 is 10.1 Å². The van der Waals surface area contributed by atoms with Gasteiger partial charge in [0.05, 0.1) is 23.5 Å². The number of nitrogens with one attached hydrogen (secondary N) is 1. The lowest BCUT2D eigenvalue weighted by Gasteiger charge is -2.17. The monoisotopic (exact) mass is 365 g/mol. The van der Waals surface area contributed by atoms with E-state index in [-0.39, 0.29) is 11.3 Å². The fraction of sp³-hybridized carbons (Fsp3) is 0.409. The van der Waals surface area contributed by atoms with E-state index in [1.807, 2.05) is 13.0 Å². The summed E-state index contributed by atoms with van der Waals surface area (Å²) in [6, 6.07) is 11.0. The van der Waals surface area contributed by atoms with Crippen LogP contribution in [0, 0.1) is 16.7 Å². The van der Waals surface area contributed by atoms with Crippen molar-refractivity contribution < 1.29 is 9.53 Å². The highest BCUT2D eigenvalue weighted by atomic mass is 16.5. The first-order valence-corrected chi connectivity index (χ1v) is 9.27. The van der Waals surface area contributed by atoms with Crippen molar-refractivity contribution in [3.05, 3.63) is 47.7 Å². The smallest absolute Gasteiger partial charge is 0.224 e. The van der Waals surface area contributed by atoms with Crippen LogP contribution in [-0.2, 0) is 11.2 Å². The first-order chi connectivity index (χ1) is 12.8. The summed E-state index contributed by atoms with van der Waals surface area (Å²) in [4.78, 5) is 16.3. The van der Waals surface area contributed by atoms with Crippen molar-refractivity contribution in [3.63, 3.8) is 0 Å². The molecule has 0 saturated heterocycles. The molecule has 2 rings (SSSR count). The summed E-state index contributed by atoms with van der Waals surface area (Å²) in [5.41, 5.74) is 2.48. The number of carbonyl (C=O) groups is 1. The third kappa shape index (κ3) is 6.74. The first kappa shape index (κ1) is 20.4. The molecule has 5 nitrogen and oxygen atoms in total. The molecule has 1 aromatic carbocycles. The van der Waals surface area contributed by atoms with Crippen LogP contribution >= 0.6 is 0 Å². The second-order valence-electron chi connectivity index (χ2n) is 7.73. The van der Waals surface area contributed by atoms with E-state index in [1.165, 1.54) is 0 Å². The number of ether oxygens (including phenoxy) is 1. The molecule has 142 valence electrons. The molecule has 1 heterocycles. The summed E-state index contributed by atoms with van der Waals surface area (Å²) in [5, 5.41) is 11.9. The average molecular weight is 365 g/mol. The Morgan fingerprint density at radius 3 is 2.63 bits per heavy atom. The number of rotatable bonds is 7. The Kier molecular flexibility index (Phi) is 6.95. The second-order valence-corrected chi connectivity index (χ2v) is 7.73. The Hall–Kier alpha value is -2.87. The molecular weight excluding hydrogens is 338 g/mol. The van der Waals surface area contributed by atoms with Crippen LogP contribution in [-0.4, -0.2) is 10.9 Å². The number of hydrogen-bond acceptors (Lipinski definition) is 4. The Morgan fingerprint density at radius 2 is 2.04 bits per heavy atom. The van der Waals surface area contributed by atoms with Crippen molar-refractivity contribution in [2.24, 2.45) is 5.41 Å². The molecule has 0 atom stereocenters. The summed E-state index contributed by atoms with van der Waals surface area (Å²) in [7, 11) is 0. The Labute approximate surface area is 161 Å². The third-order valence-corrected chi connectivity index (χ3v) is 4.15. The van der Waals surface area contributed by atoms with Gasteiger partial charge in [-0.05, 0) is 54.5 Å². The molecule has 0 aliphatic heterocycles. The summed E-state index contributed by atoms with van der Waals surface area (Å²) in [5.74, 6) is 1.07. The summed E-state index contributed by atoms with van der Waals surface area (Å²) in [6.45, 7) is 8.51. The molecule has 27 heavy (non-hydrogen) atoms. The van der Waals surface area contributed by atoms with Gasteiger partial charge in [0, 0.05) is 12.5 Å². The molecule has 0 radical (unpaired) electrons. The van der Waals surface area contributed by atoms with Gasteiger partial charge < -0.3 is 10.1 Å². The maximum absolute atomic E-state index is 12.0. The Bertz CT molecular complexity index is 815. The van der Waals surface area contributed by atoms with E-state index in [9.17, 15) is 4.79 Å². The van der Waals surface area contributed by atoms with E-state index >= 15 is 0 Å². The molecule has 0 spiro atoms. The highest BCUT2D eigenvalue weighted by Gasteiger charge is 2.11. The Balaban J connectivity index is 1.92. The Morgan fingerprint density at radius 1 is 1.26 bits per heavy atom. The van der Waals surface area contributed by atoms with Gasteiger partial charge in [0.1, 0.15) is 5.75 Å². The van der Waals surface area contributed by atoms with Gasteiger partial charge in [-0.2, -0.15) is 5.26 Å². The fourth-order valence-corrected chi connectivity index (χ4v) is 2.67. The molecule has 0 saturated carbocycles. The summed E-state index contributed by atoms with van der Waals surface area (Å²) < 4.78 is 5.75. The maximum Gasteiger partial charge on any atom is 0.224 e. The lowest BCUT2D eigenvalue weighted by molar-refractivity contribution is -0.116. The number of anilines is 1. The van der Waals surface area contributed by atoms with Crippen LogP contribution in [0.5, 0.6) is 11.6 Å². The highest BCUT2D eigenvalue weighted by molar-refractivity contribution is 5.90. The van der Waals surface area contributed by atoms with Crippen LogP contribution in [0.15, 0.2) is 36.5 Å². The van der Waals surface area contributed by atoms with Crippen molar-refractivity contribution in [1.82, 2.24) is 4.98 Å². The highest BCUT2D eigenvalue weighted by Crippen LogP contribution is 2.24. The zero-order valence-corrected chi connectivity index (χ0v) is 16.5. The second kappa shape index (κ2) is 9.18. The van der Waals surface area contributed by atoms with Gasteiger partial charge in [0.15, 0.2) is 0 Å². The van der Waals surface area contributed by atoms with E-state index in [0.717, 1.165) is 24.8 Å². The minimum atomic E-state index is -0.00519. The standard InChI is InChI=1S/C22H27N3O2/c1-5-16-13-19(10-8-17(16)14-23)27-21-11-9-18(15-24-21)25-20(26)7-6-12-22(2,3)4/h8-11,13,15H,5-7,12H2,1-4H3,(H,25,26). The molecule has 0 aliphatic rings. The first-order valence-electron chi connectivity index (χ1n) is 9.27. The SMILES string of the molecule is CCc1cc(Oc2ccc(NC(=O)CCCC(C)(C)C)cn2)ccc1C#N. The van der Waals surface area contributed by atoms with Gasteiger partial charge in [-0.3, -0.25) is 4.79 Å². The summed E-state index contributed by atoms with van der Waals surface area (Å²) >= 11 is 0. The van der Waals surface area contributed by atoms with E-state index in [0.29, 0.717) is 29.3 Å². The van der Waals surface area contributed by atoms with Gasteiger partial charge in [0.25, 0.3) is 0 Å². The topological polar surface area (TPSA) is 75.0 Å². The number of pyridine rings is 1. The van der Waals surface area contributed by atoms with E-state index in [4.69, 9.17) is 10.00 Å². The maximum atomic E-state index is 12.0. The lowest BCUT2D eigenvalue weighted by atomic mass is 9.90. The molecule has 0 bridgehead atoms. The zero-order valence-electron chi connectivity index (χ0n) is 16.5. The minimum absolute atomic E-state index is 0.00519. The number of hydrogen-bond donors (Lipinski definition) is 1. The van der Waals surface area contributed by atoms with Crippen LogP contribution in [0.2, 0.25) is 0 Å². The van der Waals surface area contributed by atoms with Gasteiger partial charge >= 0.3 is 0 Å². The predicted octanol–water partition coefficient (Wildman–Crippen LogP) is 5.46. The van der Waals surface area contributed by atoms with E-state index in [1.54, 1.807) is 30.5 Å². The quantitative estimate of drug-likeness (QED) is 0.706. The molecular formula is C22H27N3O2. The fourth-order valence-electron chi connectivity index (χ4n) is 2.67. The van der Waals surface area contributed by atoms with Crippen LogP contribution in [0.4, 0.5) is 5.69 Å². The van der Waals surface area contributed by atoms with E-state index in [2.05, 4.69) is 37.1 Å². The predicted molar refractivity (Wildman–Crippen MR) is 107 cm³/mol. The third-order valence-electron chi connectivity index (χ3n) is 4.15. The molecule has 1 aromatic heterocycles. The number of aryl methyl sites for hydroxylation is 1. The largest absolute Gasteiger partial charge is 0.439 e. The number of carbonyl (C=O) groups excluding carboxylic acids is 1. The van der Waals surface area contributed by atoms with E-state index < -0.39 is 0 Å². The molecule has 0 aliphatic carbocycles. The molecule has 2 aromatic rings. The van der Waals surface area contributed by atoms with Crippen molar-refractivity contribution in [1.29, 1.82) is 5.26 Å². The van der Waals surface area contributed by atoms with Gasteiger partial charge in [-0.15, -0.1) is 0 Å². The number of amides is 1. The van der Waals surface area contributed by atoms with Gasteiger partial charge in [0.2, 0.25) is 11.8 Å². The van der Waals surface area contributed by atoms with Crippen molar-refractivity contribution in [2.45, 2.75) is 53.4 Å². The number of aromatic nitrogens is 1. The van der Waals surface area contributed by atoms with Gasteiger partial charge in [-0.25, -0.2) is 4.98 Å². The van der Waals surface area contributed by atoms with Crippen molar-refractivity contribution in [2.75, 3.05) is 5.32 Å². The molecule has 5 heteroatoms. The number of benzene rings is 1. The van der Waals surface area contributed by atoms with Crippen LogP contribution in [0.3, 0.4) is 0 Å². The average Bonchev–Trinajstić information content (AvgIpc) is 2.62. The zero-order chi connectivity index (χ0) is 19.9. The molecule has 1 amide bonds. The normalized spacial score (nSPS) is 10.9. The molecule has 1 N–H and O–H groups in total. The molecule has 0 fully saturated rings. The van der Waals surface area contributed by atoms with Crippen molar-refractivity contribution >= 4 is 11.6 Å². The van der Waals surface area contributed by atoms with Crippen LogP contribution in [0.1, 0.15) is 58.1 Å². The molecule has 0 unspecified atom stereocenters. The van der Waals surface area contributed by atoms with Gasteiger partial charge in [-0.1, -0.05) is 27.7 Å². The number of nitrogens with zero attached hydrogens (tertiary/aromatic N) is 2. The van der Waals surface area contributed by atoms with Crippen molar-refractivity contribution in [3.8, 4) is 17.7 Å². The minimum Gasteiger partial charge on any atom is -0.439 e. The summed E-state index contributed by atoms with van der Waals surface area (Å²) in [6.07, 6.45) is 4.72.